The minimum atomic E-state index is -0.508. The van der Waals surface area contributed by atoms with Crippen LogP contribution in [0.15, 0.2) is 30.6 Å². The van der Waals surface area contributed by atoms with Crippen LogP contribution in [0.5, 0.6) is 11.5 Å². The largest absolute Gasteiger partial charge is 0.486 e. The van der Waals surface area contributed by atoms with Gasteiger partial charge in [0, 0.05) is 44.6 Å². The zero-order valence-corrected chi connectivity index (χ0v) is 15.2. The molecule has 0 aliphatic carbocycles. The summed E-state index contributed by atoms with van der Waals surface area (Å²) >= 11 is 0. The van der Waals surface area contributed by atoms with Crippen LogP contribution < -0.4 is 19.3 Å². The van der Waals surface area contributed by atoms with Crippen molar-refractivity contribution in [1.29, 1.82) is 0 Å². The van der Waals surface area contributed by atoms with Crippen molar-refractivity contribution in [2.24, 2.45) is 0 Å². The molecule has 0 atom stereocenters. The first-order chi connectivity index (χ1) is 13.7. The molecular weight excluding hydrogens is 362 g/mol. The number of hydrogen-bond donors (Lipinski definition) is 0. The van der Waals surface area contributed by atoms with E-state index in [0.29, 0.717) is 48.6 Å². The van der Waals surface area contributed by atoms with Crippen molar-refractivity contribution in [3.8, 4) is 11.5 Å². The Labute approximate surface area is 161 Å². The first kappa shape index (κ1) is 16.9. The van der Waals surface area contributed by atoms with Gasteiger partial charge >= 0.3 is 5.91 Å². The highest BCUT2D eigenvalue weighted by atomic mass is 16.6. The number of piperazine rings is 1. The van der Waals surface area contributed by atoms with E-state index in [4.69, 9.17) is 9.47 Å². The lowest BCUT2D eigenvalue weighted by molar-refractivity contribution is -0.114. The maximum absolute atomic E-state index is 12.6. The number of hydrogen-bond acceptors (Lipinski definition) is 8. The molecule has 0 saturated carbocycles. The second kappa shape index (κ2) is 6.75. The minimum Gasteiger partial charge on any atom is -0.486 e. The first-order valence-electron chi connectivity index (χ1n) is 9.25. The summed E-state index contributed by atoms with van der Waals surface area (Å²) in [7, 11) is 0. The second-order valence-corrected chi connectivity index (χ2v) is 6.87. The Kier molecular flexibility index (Phi) is 4.09. The standard InChI is InChI=1S/C19H19N5O4/c25-17-13-10-15-16(28-9-8-27-15)11-14(13)24(18(17)26)12-22-4-6-23(7-5-22)19-20-2-1-3-21-19/h1-3,10-11H,4-9,12H2. The van der Waals surface area contributed by atoms with E-state index in [1.807, 2.05) is 0 Å². The smallest absolute Gasteiger partial charge is 0.300 e. The third kappa shape index (κ3) is 2.84. The number of aromatic nitrogens is 2. The van der Waals surface area contributed by atoms with Crippen LogP contribution in [0.1, 0.15) is 10.4 Å². The third-order valence-electron chi connectivity index (χ3n) is 5.18. The van der Waals surface area contributed by atoms with E-state index in [-0.39, 0.29) is 0 Å². The lowest BCUT2D eigenvalue weighted by Crippen LogP contribution is -2.51. The van der Waals surface area contributed by atoms with Gasteiger partial charge in [0.15, 0.2) is 11.5 Å². The number of nitrogens with zero attached hydrogens (tertiary/aromatic N) is 5. The van der Waals surface area contributed by atoms with Gasteiger partial charge in [0.1, 0.15) is 13.2 Å². The first-order valence-corrected chi connectivity index (χ1v) is 9.25. The van der Waals surface area contributed by atoms with Crippen LogP contribution in [0.4, 0.5) is 11.6 Å². The van der Waals surface area contributed by atoms with Crippen molar-refractivity contribution < 1.29 is 19.1 Å². The summed E-state index contributed by atoms with van der Waals surface area (Å²) < 4.78 is 11.1. The molecule has 0 unspecified atom stereocenters. The Morgan fingerprint density at radius 1 is 0.929 bits per heavy atom. The highest BCUT2D eigenvalue weighted by Crippen LogP contribution is 2.40. The predicted molar refractivity (Wildman–Crippen MR) is 99.9 cm³/mol. The van der Waals surface area contributed by atoms with Crippen molar-refractivity contribution in [1.82, 2.24) is 14.9 Å². The number of carbonyl (C=O) groups is 2. The monoisotopic (exact) mass is 381 g/mol. The molecule has 0 radical (unpaired) electrons. The molecule has 9 nitrogen and oxygen atoms in total. The summed E-state index contributed by atoms with van der Waals surface area (Å²) in [5, 5.41) is 0. The fourth-order valence-corrected chi connectivity index (χ4v) is 3.71. The molecule has 1 fully saturated rings. The van der Waals surface area contributed by atoms with Gasteiger partial charge in [0.25, 0.3) is 5.78 Å². The van der Waals surface area contributed by atoms with Crippen molar-refractivity contribution in [3.63, 3.8) is 0 Å². The molecule has 1 aromatic carbocycles. The van der Waals surface area contributed by atoms with Gasteiger partial charge < -0.3 is 14.4 Å². The molecule has 1 aromatic heterocycles. The number of benzene rings is 1. The van der Waals surface area contributed by atoms with Gasteiger partial charge in [-0.1, -0.05) is 0 Å². The quantitative estimate of drug-likeness (QED) is 0.713. The van der Waals surface area contributed by atoms with E-state index >= 15 is 0 Å². The van der Waals surface area contributed by atoms with E-state index < -0.39 is 11.7 Å². The van der Waals surface area contributed by atoms with Crippen LogP contribution in [-0.2, 0) is 4.79 Å². The molecule has 3 aliphatic heterocycles. The van der Waals surface area contributed by atoms with Crippen LogP contribution in [-0.4, -0.2) is 72.6 Å². The summed E-state index contributed by atoms with van der Waals surface area (Å²) in [5.74, 6) is 0.797. The molecule has 0 bridgehead atoms. The van der Waals surface area contributed by atoms with Crippen molar-refractivity contribution in [2.45, 2.75) is 0 Å². The summed E-state index contributed by atoms with van der Waals surface area (Å²) in [6.07, 6.45) is 3.46. The molecule has 0 spiro atoms. The van der Waals surface area contributed by atoms with E-state index in [0.717, 1.165) is 26.2 Å². The number of fused-ring (bicyclic) bond motifs is 2. The molecule has 3 aliphatic rings. The van der Waals surface area contributed by atoms with Crippen LogP contribution in [0.25, 0.3) is 0 Å². The highest BCUT2D eigenvalue weighted by molar-refractivity contribution is 6.52. The number of amides is 1. The van der Waals surface area contributed by atoms with E-state index in [2.05, 4.69) is 19.8 Å². The Bertz CT molecular complexity index is 927. The number of anilines is 2. The summed E-state index contributed by atoms with van der Waals surface area (Å²) in [4.78, 5) is 39.4. The SMILES string of the molecule is O=C1C(=O)N(CN2CCN(c3ncccn3)CC2)c2cc3c(cc21)OCCO3. The van der Waals surface area contributed by atoms with Gasteiger partial charge in [-0.25, -0.2) is 9.97 Å². The predicted octanol–water partition coefficient (Wildman–Crippen LogP) is 0.557. The van der Waals surface area contributed by atoms with Gasteiger partial charge in [-0.15, -0.1) is 0 Å². The van der Waals surface area contributed by atoms with Crippen LogP contribution in [0.3, 0.4) is 0 Å². The molecule has 28 heavy (non-hydrogen) atoms. The van der Waals surface area contributed by atoms with Gasteiger partial charge in [0.2, 0.25) is 5.95 Å². The zero-order valence-electron chi connectivity index (χ0n) is 15.2. The Morgan fingerprint density at radius 2 is 1.61 bits per heavy atom. The Morgan fingerprint density at radius 3 is 2.32 bits per heavy atom. The lowest BCUT2D eigenvalue weighted by Gasteiger charge is -2.36. The van der Waals surface area contributed by atoms with E-state index in [9.17, 15) is 9.59 Å². The highest BCUT2D eigenvalue weighted by Gasteiger charge is 2.38. The molecule has 5 rings (SSSR count). The summed E-state index contributed by atoms with van der Waals surface area (Å²) in [6, 6.07) is 5.15. The summed E-state index contributed by atoms with van der Waals surface area (Å²) in [5.41, 5.74) is 0.971. The van der Waals surface area contributed by atoms with Gasteiger partial charge in [-0.2, -0.15) is 0 Å². The number of rotatable bonds is 3. The van der Waals surface area contributed by atoms with Gasteiger partial charge in [0.05, 0.1) is 17.9 Å². The average Bonchev–Trinajstić information content (AvgIpc) is 2.98. The molecule has 0 N–H and O–H groups in total. The molecule has 2 aromatic rings. The van der Waals surface area contributed by atoms with Crippen LogP contribution >= 0.6 is 0 Å². The van der Waals surface area contributed by atoms with Crippen molar-refractivity contribution >= 4 is 23.3 Å². The molecule has 1 saturated heterocycles. The molecule has 9 heteroatoms. The number of Topliss-reactive ketones (excluding diaryl/α,β-unsaturated/α-hetero) is 1. The molecule has 4 heterocycles. The number of ether oxygens (including phenoxy) is 2. The van der Waals surface area contributed by atoms with Crippen LogP contribution in [0.2, 0.25) is 0 Å². The topological polar surface area (TPSA) is 88.1 Å². The number of ketones is 1. The van der Waals surface area contributed by atoms with Gasteiger partial charge in [-0.3, -0.25) is 19.4 Å². The lowest BCUT2D eigenvalue weighted by atomic mass is 10.1. The minimum absolute atomic E-state index is 0.362. The van der Waals surface area contributed by atoms with Crippen molar-refractivity contribution in [3.05, 3.63) is 36.2 Å². The van der Waals surface area contributed by atoms with Crippen LogP contribution in [0, 0.1) is 0 Å². The fourth-order valence-electron chi connectivity index (χ4n) is 3.71. The zero-order chi connectivity index (χ0) is 19.1. The second-order valence-electron chi connectivity index (χ2n) is 6.87. The Hall–Kier alpha value is -3.20. The fraction of sp³-hybridized carbons (Fsp3) is 0.368. The third-order valence-corrected chi connectivity index (χ3v) is 5.18. The van der Waals surface area contributed by atoms with E-state index in [1.165, 1.54) is 4.90 Å². The van der Waals surface area contributed by atoms with Crippen molar-refractivity contribution in [2.75, 3.05) is 55.9 Å². The Balaban J connectivity index is 1.32. The normalized spacial score (nSPS) is 19.1. The maximum Gasteiger partial charge on any atom is 0.300 e. The average molecular weight is 381 g/mol. The molecule has 1 amide bonds. The molecule has 144 valence electrons. The van der Waals surface area contributed by atoms with E-state index in [1.54, 1.807) is 30.6 Å². The summed E-state index contributed by atoms with van der Waals surface area (Å²) in [6.45, 7) is 4.26. The number of carbonyl (C=O) groups excluding carboxylic acids is 2. The molecular formula is C19H19N5O4. The maximum atomic E-state index is 12.6. The van der Waals surface area contributed by atoms with Gasteiger partial charge in [-0.05, 0) is 12.1 Å².